The lowest BCUT2D eigenvalue weighted by Gasteiger charge is -2.43. The molecule has 1 saturated carbocycles. The Morgan fingerprint density at radius 3 is 2.18 bits per heavy atom. The van der Waals surface area contributed by atoms with Crippen molar-refractivity contribution < 1.29 is 28.2 Å². The smallest absolute Gasteiger partial charge is 0.408 e. The number of hydrogen-bond acceptors (Lipinski definition) is 3. The van der Waals surface area contributed by atoms with Crippen LogP contribution < -0.4 is 5.32 Å². The number of nitrogens with one attached hydrogen (secondary N) is 1. The van der Waals surface area contributed by atoms with Gasteiger partial charge in [-0.15, -0.1) is 0 Å². The number of ether oxygens (including phenoxy) is 1. The van der Waals surface area contributed by atoms with Crippen molar-refractivity contribution in [2.75, 3.05) is 0 Å². The largest absolute Gasteiger partial charge is 0.481 e. The van der Waals surface area contributed by atoms with Crippen LogP contribution in [0.1, 0.15) is 59.3 Å². The SMILES string of the molecule is CC(C)(C)OC(=O)NC1(C(CC(=O)O)C(F)F)CCCCC1. The molecule has 1 fully saturated rings. The van der Waals surface area contributed by atoms with Gasteiger partial charge in [0.1, 0.15) is 5.60 Å². The van der Waals surface area contributed by atoms with E-state index in [9.17, 15) is 18.4 Å². The zero-order chi connectivity index (χ0) is 17.0. The van der Waals surface area contributed by atoms with Crippen LogP contribution in [0.2, 0.25) is 0 Å². The van der Waals surface area contributed by atoms with Crippen LogP contribution in [0.15, 0.2) is 0 Å². The Bertz CT molecular complexity index is 401. The monoisotopic (exact) mass is 321 g/mol. The second-order valence-corrected chi connectivity index (χ2v) is 6.88. The van der Waals surface area contributed by atoms with Gasteiger partial charge in [-0.3, -0.25) is 4.79 Å². The van der Waals surface area contributed by atoms with Crippen molar-refractivity contribution in [2.45, 2.75) is 76.9 Å². The lowest BCUT2D eigenvalue weighted by molar-refractivity contribution is -0.141. The molecule has 7 heteroatoms. The van der Waals surface area contributed by atoms with Gasteiger partial charge in [0.25, 0.3) is 0 Å². The van der Waals surface area contributed by atoms with Crippen molar-refractivity contribution in [1.29, 1.82) is 0 Å². The summed E-state index contributed by atoms with van der Waals surface area (Å²) in [4.78, 5) is 23.0. The topological polar surface area (TPSA) is 75.6 Å². The quantitative estimate of drug-likeness (QED) is 0.811. The average molecular weight is 321 g/mol. The number of carboxylic acids is 1. The zero-order valence-corrected chi connectivity index (χ0v) is 13.3. The molecule has 2 N–H and O–H groups in total. The normalized spacial score (nSPS) is 19.5. The summed E-state index contributed by atoms with van der Waals surface area (Å²) in [6, 6.07) is 0. The van der Waals surface area contributed by atoms with Crippen molar-refractivity contribution in [3.63, 3.8) is 0 Å². The Hall–Kier alpha value is -1.40. The van der Waals surface area contributed by atoms with E-state index in [0.29, 0.717) is 25.7 Å². The van der Waals surface area contributed by atoms with Crippen molar-refractivity contribution in [3.8, 4) is 0 Å². The third kappa shape index (κ3) is 5.42. The lowest BCUT2D eigenvalue weighted by Crippen LogP contribution is -2.58. The molecule has 1 rings (SSSR count). The van der Waals surface area contributed by atoms with Gasteiger partial charge in [0.2, 0.25) is 6.43 Å². The maximum Gasteiger partial charge on any atom is 0.408 e. The van der Waals surface area contributed by atoms with E-state index in [2.05, 4.69) is 5.32 Å². The van der Waals surface area contributed by atoms with Crippen LogP contribution in [-0.2, 0) is 9.53 Å². The minimum absolute atomic E-state index is 0.342. The molecule has 0 aromatic carbocycles. The molecule has 0 aliphatic heterocycles. The first-order valence-electron chi connectivity index (χ1n) is 7.57. The van der Waals surface area contributed by atoms with Crippen molar-refractivity contribution in [1.82, 2.24) is 5.32 Å². The first-order valence-corrected chi connectivity index (χ1v) is 7.57. The highest BCUT2D eigenvalue weighted by Crippen LogP contribution is 2.39. The third-order valence-electron chi connectivity index (χ3n) is 3.90. The first kappa shape index (κ1) is 18.6. The van der Waals surface area contributed by atoms with Crippen LogP contribution in [0.4, 0.5) is 13.6 Å². The maximum atomic E-state index is 13.4. The number of hydrogen-bond donors (Lipinski definition) is 2. The fraction of sp³-hybridized carbons (Fsp3) is 0.867. The molecule has 1 atom stereocenters. The number of carbonyl (C=O) groups excluding carboxylic acids is 1. The van der Waals surface area contributed by atoms with E-state index < -0.39 is 42.0 Å². The first-order chi connectivity index (χ1) is 10.1. The van der Waals surface area contributed by atoms with Gasteiger partial charge in [0, 0.05) is 0 Å². The molecular formula is C15H25F2NO4. The Kier molecular flexibility index (Phi) is 6.14. The van der Waals surface area contributed by atoms with Gasteiger partial charge in [0.05, 0.1) is 17.9 Å². The van der Waals surface area contributed by atoms with E-state index in [4.69, 9.17) is 9.84 Å². The summed E-state index contributed by atoms with van der Waals surface area (Å²) in [6.07, 6.45) is -1.33. The van der Waals surface area contributed by atoms with Gasteiger partial charge in [-0.2, -0.15) is 0 Å². The van der Waals surface area contributed by atoms with Crippen molar-refractivity contribution in [2.24, 2.45) is 5.92 Å². The number of carbonyl (C=O) groups is 2. The summed E-state index contributed by atoms with van der Waals surface area (Å²) in [5, 5.41) is 11.5. The molecule has 0 saturated heterocycles. The van der Waals surface area contributed by atoms with E-state index in [-0.39, 0.29) is 0 Å². The standard InChI is InChI=1S/C15H25F2NO4/c1-14(2,3)22-13(21)18-15(7-5-4-6-8-15)10(12(16)17)9-11(19)20/h10,12H,4-9H2,1-3H3,(H,18,21)(H,19,20). The van der Waals surface area contributed by atoms with E-state index in [1.807, 2.05) is 0 Å². The zero-order valence-electron chi connectivity index (χ0n) is 13.3. The highest BCUT2D eigenvalue weighted by atomic mass is 19.3. The second kappa shape index (κ2) is 7.24. The minimum Gasteiger partial charge on any atom is -0.481 e. The van der Waals surface area contributed by atoms with E-state index in [1.54, 1.807) is 20.8 Å². The predicted molar refractivity (Wildman–Crippen MR) is 76.9 cm³/mol. The van der Waals surface area contributed by atoms with Gasteiger partial charge < -0.3 is 15.2 Å². The van der Waals surface area contributed by atoms with Crippen molar-refractivity contribution in [3.05, 3.63) is 0 Å². The summed E-state index contributed by atoms with van der Waals surface area (Å²) in [5.41, 5.74) is -1.96. The molecule has 0 aromatic rings. The van der Waals surface area contributed by atoms with Gasteiger partial charge in [-0.05, 0) is 33.6 Å². The average Bonchev–Trinajstić information content (AvgIpc) is 2.33. The summed E-state index contributed by atoms with van der Waals surface area (Å²) < 4.78 is 32.0. The molecule has 0 aromatic heterocycles. The van der Waals surface area contributed by atoms with Crippen LogP contribution in [0.25, 0.3) is 0 Å². The summed E-state index contributed by atoms with van der Waals surface area (Å²) in [7, 11) is 0. The minimum atomic E-state index is -2.82. The van der Waals surface area contributed by atoms with Crippen LogP contribution in [0, 0.1) is 5.92 Å². The lowest BCUT2D eigenvalue weighted by atomic mass is 9.71. The summed E-state index contributed by atoms with van der Waals surface area (Å²) >= 11 is 0. The van der Waals surface area contributed by atoms with Crippen LogP contribution in [0.5, 0.6) is 0 Å². The van der Waals surface area contributed by atoms with Crippen molar-refractivity contribution >= 4 is 12.1 Å². The molecule has 1 aliphatic carbocycles. The fourth-order valence-electron chi connectivity index (χ4n) is 2.99. The highest BCUT2D eigenvalue weighted by molar-refractivity contribution is 5.70. The summed E-state index contributed by atoms with van der Waals surface area (Å²) in [5.74, 6) is -2.71. The molecule has 0 spiro atoms. The molecule has 128 valence electrons. The van der Waals surface area contributed by atoms with Gasteiger partial charge in [0.15, 0.2) is 0 Å². The molecule has 22 heavy (non-hydrogen) atoms. The molecule has 1 aliphatic rings. The molecule has 0 heterocycles. The van der Waals surface area contributed by atoms with Crippen LogP contribution in [-0.4, -0.2) is 34.7 Å². The third-order valence-corrected chi connectivity index (χ3v) is 3.90. The molecule has 5 nitrogen and oxygen atoms in total. The molecular weight excluding hydrogens is 296 g/mol. The molecule has 1 amide bonds. The highest BCUT2D eigenvalue weighted by Gasteiger charge is 2.47. The number of rotatable bonds is 5. The van der Waals surface area contributed by atoms with E-state index in [0.717, 1.165) is 6.42 Å². The van der Waals surface area contributed by atoms with Crippen LogP contribution >= 0.6 is 0 Å². The van der Waals surface area contributed by atoms with E-state index in [1.165, 1.54) is 0 Å². The predicted octanol–water partition coefficient (Wildman–Crippen LogP) is 3.57. The number of alkyl halides is 2. The second-order valence-electron chi connectivity index (χ2n) is 6.88. The Balaban J connectivity index is 2.97. The van der Waals surface area contributed by atoms with Gasteiger partial charge in [-0.1, -0.05) is 19.3 Å². The van der Waals surface area contributed by atoms with Crippen LogP contribution in [0.3, 0.4) is 0 Å². The number of halogens is 2. The van der Waals surface area contributed by atoms with Gasteiger partial charge >= 0.3 is 12.1 Å². The number of alkyl carbamates (subject to hydrolysis) is 1. The fourth-order valence-corrected chi connectivity index (χ4v) is 2.99. The molecule has 0 radical (unpaired) electrons. The number of amides is 1. The number of carboxylic acid groups (broad SMARTS) is 1. The number of aliphatic carboxylic acids is 1. The molecule has 0 bridgehead atoms. The van der Waals surface area contributed by atoms with E-state index >= 15 is 0 Å². The Morgan fingerprint density at radius 1 is 1.23 bits per heavy atom. The molecule has 1 unspecified atom stereocenters. The summed E-state index contributed by atoms with van der Waals surface area (Å²) in [6.45, 7) is 5.05. The van der Waals surface area contributed by atoms with Gasteiger partial charge in [-0.25, -0.2) is 13.6 Å². The maximum absolute atomic E-state index is 13.4. The Morgan fingerprint density at radius 2 is 1.77 bits per heavy atom. The Labute approximate surface area is 129 Å².